The second-order valence-corrected chi connectivity index (χ2v) is 6.47. The smallest absolute Gasteiger partial charge is 0.337 e. The third-order valence-corrected chi connectivity index (χ3v) is 5.53. The van der Waals surface area contributed by atoms with Crippen molar-refractivity contribution < 1.29 is 19.7 Å². The molecule has 0 bridgehead atoms. The molecule has 0 aromatic heterocycles. The first-order valence-electron chi connectivity index (χ1n) is 6.79. The van der Waals surface area contributed by atoms with Crippen LogP contribution in [0.25, 0.3) is 0 Å². The van der Waals surface area contributed by atoms with Gasteiger partial charge in [0, 0.05) is 5.41 Å². The Morgan fingerprint density at radius 2 is 1.95 bits per heavy atom. The van der Waals surface area contributed by atoms with Gasteiger partial charge in [0.1, 0.15) is 11.2 Å². The second-order valence-electron chi connectivity index (χ2n) is 6.47. The molecule has 4 heteroatoms. The third kappa shape index (κ3) is 1.29. The maximum Gasteiger partial charge on any atom is 0.337 e. The van der Waals surface area contributed by atoms with Crippen LogP contribution in [0.1, 0.15) is 39.0 Å². The predicted octanol–water partition coefficient (Wildman–Crippen LogP) is 1.47. The standard InChI is InChI=1S/C15H20O4/c1-9-5-4-6-13(3)7-8-14(17)10(2)11(16)19-12(14)15(9,13)18/h12,17-18H,1-2,4-8H2,3H3. The van der Waals surface area contributed by atoms with Crippen LogP contribution in [0.4, 0.5) is 0 Å². The summed E-state index contributed by atoms with van der Waals surface area (Å²) in [5, 5.41) is 22.0. The van der Waals surface area contributed by atoms with Gasteiger partial charge in [0.15, 0.2) is 6.10 Å². The monoisotopic (exact) mass is 264 g/mol. The zero-order valence-electron chi connectivity index (χ0n) is 11.2. The van der Waals surface area contributed by atoms with E-state index in [0.29, 0.717) is 24.8 Å². The quantitative estimate of drug-likeness (QED) is 0.395. The molecule has 0 radical (unpaired) electrons. The SMILES string of the molecule is C=C1C(=O)OC2C1(O)CCC1(C)CCCC(=C)C21O. The van der Waals surface area contributed by atoms with Gasteiger partial charge in [0.25, 0.3) is 0 Å². The summed E-state index contributed by atoms with van der Waals surface area (Å²) in [7, 11) is 0. The molecular weight excluding hydrogens is 244 g/mol. The molecule has 4 nitrogen and oxygen atoms in total. The van der Waals surface area contributed by atoms with Crippen LogP contribution in [0.5, 0.6) is 0 Å². The predicted molar refractivity (Wildman–Crippen MR) is 69.3 cm³/mol. The molecule has 0 aromatic rings. The Labute approximate surface area is 112 Å². The summed E-state index contributed by atoms with van der Waals surface area (Å²) >= 11 is 0. The molecule has 0 spiro atoms. The number of hydrogen-bond donors (Lipinski definition) is 2. The Hall–Kier alpha value is -1.13. The summed E-state index contributed by atoms with van der Waals surface area (Å²) in [5.74, 6) is -0.608. The fourth-order valence-corrected chi connectivity index (χ4v) is 4.11. The topological polar surface area (TPSA) is 66.8 Å². The highest BCUT2D eigenvalue weighted by Crippen LogP contribution is 2.60. The second kappa shape index (κ2) is 3.49. The zero-order chi connectivity index (χ0) is 14.1. The normalized spacial score (nSPS) is 49.6. The third-order valence-electron chi connectivity index (χ3n) is 5.53. The van der Waals surface area contributed by atoms with Crippen LogP contribution in [-0.4, -0.2) is 33.5 Å². The molecule has 2 saturated carbocycles. The molecule has 3 fully saturated rings. The highest BCUT2D eigenvalue weighted by atomic mass is 16.6. The lowest BCUT2D eigenvalue weighted by atomic mass is 9.51. The van der Waals surface area contributed by atoms with Crippen molar-refractivity contribution in [3.05, 3.63) is 24.3 Å². The first-order chi connectivity index (χ1) is 8.76. The highest BCUT2D eigenvalue weighted by Gasteiger charge is 2.70. The van der Waals surface area contributed by atoms with Gasteiger partial charge in [0.2, 0.25) is 0 Å². The highest BCUT2D eigenvalue weighted by molar-refractivity contribution is 5.93. The molecule has 4 unspecified atom stereocenters. The maximum absolute atomic E-state index is 11.8. The lowest BCUT2D eigenvalue weighted by molar-refractivity contribution is -0.220. The largest absolute Gasteiger partial charge is 0.452 e. The number of esters is 1. The number of carbonyl (C=O) groups is 1. The van der Waals surface area contributed by atoms with E-state index in [2.05, 4.69) is 13.2 Å². The summed E-state index contributed by atoms with van der Waals surface area (Å²) in [6, 6.07) is 0. The molecule has 3 rings (SSSR count). The number of carbonyl (C=O) groups excluding carboxylic acids is 1. The first kappa shape index (κ1) is 12.9. The van der Waals surface area contributed by atoms with E-state index in [1.165, 1.54) is 0 Å². The van der Waals surface area contributed by atoms with Crippen LogP contribution >= 0.6 is 0 Å². The van der Waals surface area contributed by atoms with E-state index in [0.717, 1.165) is 12.8 Å². The fourth-order valence-electron chi connectivity index (χ4n) is 4.11. The zero-order valence-corrected chi connectivity index (χ0v) is 11.2. The van der Waals surface area contributed by atoms with E-state index in [-0.39, 0.29) is 5.57 Å². The molecule has 3 aliphatic rings. The molecule has 2 N–H and O–H groups in total. The van der Waals surface area contributed by atoms with Crippen LogP contribution in [0.3, 0.4) is 0 Å². The van der Waals surface area contributed by atoms with E-state index in [1.807, 2.05) is 6.92 Å². The van der Waals surface area contributed by atoms with Crippen LogP contribution in [0.15, 0.2) is 24.3 Å². The molecule has 2 aliphatic carbocycles. The summed E-state index contributed by atoms with van der Waals surface area (Å²) in [4.78, 5) is 11.8. The van der Waals surface area contributed by atoms with Gasteiger partial charge >= 0.3 is 5.97 Å². The molecule has 104 valence electrons. The van der Waals surface area contributed by atoms with Crippen molar-refractivity contribution in [3.8, 4) is 0 Å². The molecule has 1 heterocycles. The molecule has 4 atom stereocenters. The van der Waals surface area contributed by atoms with Crippen LogP contribution in [0.2, 0.25) is 0 Å². The molecule has 0 aromatic carbocycles. The van der Waals surface area contributed by atoms with Gasteiger partial charge in [-0.1, -0.05) is 20.1 Å². The maximum atomic E-state index is 11.8. The van der Waals surface area contributed by atoms with Gasteiger partial charge in [-0.25, -0.2) is 4.79 Å². The number of fused-ring (bicyclic) bond motifs is 3. The van der Waals surface area contributed by atoms with Crippen LogP contribution < -0.4 is 0 Å². The lowest BCUT2D eigenvalue weighted by Gasteiger charge is -2.58. The van der Waals surface area contributed by atoms with E-state index in [1.54, 1.807) is 0 Å². The van der Waals surface area contributed by atoms with Crippen molar-refractivity contribution in [2.24, 2.45) is 5.41 Å². The molecular formula is C15H20O4. The van der Waals surface area contributed by atoms with E-state index in [4.69, 9.17) is 4.74 Å². The van der Waals surface area contributed by atoms with E-state index in [9.17, 15) is 15.0 Å². The van der Waals surface area contributed by atoms with Crippen molar-refractivity contribution in [1.29, 1.82) is 0 Å². The van der Waals surface area contributed by atoms with Gasteiger partial charge in [-0.3, -0.25) is 0 Å². The lowest BCUT2D eigenvalue weighted by Crippen LogP contribution is -2.68. The van der Waals surface area contributed by atoms with Crippen molar-refractivity contribution in [3.63, 3.8) is 0 Å². The van der Waals surface area contributed by atoms with Gasteiger partial charge < -0.3 is 14.9 Å². The van der Waals surface area contributed by atoms with Crippen molar-refractivity contribution >= 4 is 5.97 Å². The Morgan fingerprint density at radius 1 is 1.26 bits per heavy atom. The Kier molecular flexibility index (Phi) is 2.37. The molecule has 1 aliphatic heterocycles. The van der Waals surface area contributed by atoms with E-state index >= 15 is 0 Å². The fraction of sp³-hybridized carbons (Fsp3) is 0.667. The summed E-state index contributed by atoms with van der Waals surface area (Å²) in [5.41, 5.74) is -2.48. The van der Waals surface area contributed by atoms with Crippen molar-refractivity contribution in [2.45, 2.75) is 56.3 Å². The summed E-state index contributed by atoms with van der Waals surface area (Å²) in [6.07, 6.45) is 2.57. The van der Waals surface area contributed by atoms with Gasteiger partial charge in [-0.15, -0.1) is 0 Å². The Balaban J connectivity index is 2.14. The van der Waals surface area contributed by atoms with Crippen molar-refractivity contribution in [2.75, 3.05) is 0 Å². The molecule has 19 heavy (non-hydrogen) atoms. The number of rotatable bonds is 0. The minimum atomic E-state index is -1.45. The first-order valence-corrected chi connectivity index (χ1v) is 6.79. The minimum absolute atomic E-state index is 0.0614. The average Bonchev–Trinajstić information content (AvgIpc) is 2.59. The molecule has 0 amide bonds. The average molecular weight is 264 g/mol. The number of aliphatic hydroxyl groups is 2. The number of hydrogen-bond acceptors (Lipinski definition) is 4. The van der Waals surface area contributed by atoms with Gasteiger partial charge in [0.05, 0.1) is 5.57 Å². The molecule has 1 saturated heterocycles. The summed E-state index contributed by atoms with van der Waals surface area (Å²) in [6.45, 7) is 9.61. The minimum Gasteiger partial charge on any atom is -0.452 e. The van der Waals surface area contributed by atoms with Gasteiger partial charge in [-0.05, 0) is 37.7 Å². The summed E-state index contributed by atoms with van der Waals surface area (Å²) < 4.78 is 5.29. The number of ether oxygens (including phenoxy) is 1. The van der Waals surface area contributed by atoms with Crippen LogP contribution in [0, 0.1) is 5.41 Å². The van der Waals surface area contributed by atoms with Crippen LogP contribution in [-0.2, 0) is 9.53 Å². The Morgan fingerprint density at radius 3 is 2.63 bits per heavy atom. The van der Waals surface area contributed by atoms with Gasteiger partial charge in [-0.2, -0.15) is 0 Å². The van der Waals surface area contributed by atoms with Crippen molar-refractivity contribution in [1.82, 2.24) is 0 Å². The Bertz CT molecular complexity index is 496. The van der Waals surface area contributed by atoms with E-state index < -0.39 is 28.7 Å².